The lowest BCUT2D eigenvalue weighted by molar-refractivity contribution is -0.146. The van der Waals surface area contributed by atoms with E-state index in [9.17, 15) is 9.90 Å². The highest BCUT2D eigenvalue weighted by atomic mass is 16.3. The molecule has 17 heavy (non-hydrogen) atoms. The zero-order valence-corrected chi connectivity index (χ0v) is 10.5. The number of β-amino-alcohol motifs (C(OH)–C–C–N with tert-alkyl or cyclic N) is 1. The van der Waals surface area contributed by atoms with E-state index in [1.165, 1.54) is 0 Å². The number of likely N-dealkylation sites (N-methyl/N-ethyl adjacent to an activating group) is 1. The van der Waals surface area contributed by atoms with Crippen LogP contribution in [0.25, 0.3) is 0 Å². The third kappa shape index (κ3) is 2.78. The van der Waals surface area contributed by atoms with Gasteiger partial charge < -0.3 is 15.7 Å². The second-order valence-electron chi connectivity index (χ2n) is 5.17. The average molecular weight is 241 g/mol. The van der Waals surface area contributed by atoms with Crippen LogP contribution in [-0.2, 0) is 4.79 Å². The lowest BCUT2D eigenvalue weighted by Gasteiger charge is -2.43. The second kappa shape index (κ2) is 5.33. The van der Waals surface area contributed by atoms with Gasteiger partial charge in [-0.3, -0.25) is 9.69 Å². The Morgan fingerprint density at radius 2 is 2.18 bits per heavy atom. The number of carbonyl (C=O) groups is 1. The summed E-state index contributed by atoms with van der Waals surface area (Å²) in [4.78, 5) is 14.0. The van der Waals surface area contributed by atoms with Gasteiger partial charge in [0.05, 0.1) is 0 Å². The van der Waals surface area contributed by atoms with E-state index in [2.05, 4.69) is 15.5 Å². The van der Waals surface area contributed by atoms with Crippen LogP contribution in [0.15, 0.2) is 0 Å². The maximum atomic E-state index is 11.7. The van der Waals surface area contributed by atoms with Crippen molar-refractivity contribution in [3.8, 4) is 0 Å². The third-order valence-electron chi connectivity index (χ3n) is 3.98. The monoisotopic (exact) mass is 241 g/mol. The highest BCUT2D eigenvalue weighted by molar-refractivity contribution is 5.85. The van der Waals surface area contributed by atoms with Crippen LogP contribution in [-0.4, -0.2) is 60.8 Å². The van der Waals surface area contributed by atoms with E-state index in [0.717, 1.165) is 38.9 Å². The Kier molecular flexibility index (Phi) is 4.01. The quantitative estimate of drug-likeness (QED) is 0.599. The van der Waals surface area contributed by atoms with Crippen molar-refractivity contribution in [3.63, 3.8) is 0 Å². The minimum atomic E-state index is -1.18. The standard InChI is InChI=1S/C12H23N3O2/c1-13-11(16)12(17)5-2-8-15(9-12)10-3-6-14-7-4-10/h10,14,17H,2-9H2,1H3,(H,13,16). The summed E-state index contributed by atoms with van der Waals surface area (Å²) in [5.74, 6) is -0.240. The average Bonchev–Trinajstić information content (AvgIpc) is 2.39. The van der Waals surface area contributed by atoms with Gasteiger partial charge in [-0.15, -0.1) is 0 Å². The molecule has 2 aliphatic rings. The minimum Gasteiger partial charge on any atom is -0.379 e. The number of carbonyl (C=O) groups excluding carboxylic acids is 1. The molecule has 3 N–H and O–H groups in total. The molecule has 5 heteroatoms. The summed E-state index contributed by atoms with van der Waals surface area (Å²) in [5, 5.41) is 16.3. The van der Waals surface area contributed by atoms with Gasteiger partial charge in [-0.1, -0.05) is 0 Å². The van der Waals surface area contributed by atoms with Crippen LogP contribution in [0, 0.1) is 0 Å². The smallest absolute Gasteiger partial charge is 0.253 e. The van der Waals surface area contributed by atoms with Gasteiger partial charge >= 0.3 is 0 Å². The molecule has 0 saturated carbocycles. The molecule has 2 fully saturated rings. The normalized spacial score (nSPS) is 32.4. The largest absolute Gasteiger partial charge is 0.379 e. The number of aliphatic hydroxyl groups is 1. The van der Waals surface area contributed by atoms with E-state index in [0.29, 0.717) is 19.0 Å². The Morgan fingerprint density at radius 3 is 2.82 bits per heavy atom. The van der Waals surface area contributed by atoms with Gasteiger partial charge in [0.15, 0.2) is 5.60 Å². The third-order valence-corrected chi connectivity index (χ3v) is 3.98. The topological polar surface area (TPSA) is 64.6 Å². The fraction of sp³-hybridized carbons (Fsp3) is 0.917. The van der Waals surface area contributed by atoms with Crippen molar-refractivity contribution in [1.29, 1.82) is 0 Å². The number of rotatable bonds is 2. The first-order valence-corrected chi connectivity index (χ1v) is 6.55. The van der Waals surface area contributed by atoms with Crippen molar-refractivity contribution in [3.05, 3.63) is 0 Å². The Morgan fingerprint density at radius 1 is 1.47 bits per heavy atom. The Labute approximate surface area is 103 Å². The molecule has 0 bridgehead atoms. The molecule has 0 aromatic rings. The summed E-state index contributed by atoms with van der Waals surface area (Å²) in [7, 11) is 1.59. The fourth-order valence-electron chi connectivity index (χ4n) is 2.97. The van der Waals surface area contributed by atoms with E-state index in [1.807, 2.05) is 0 Å². The molecule has 0 aromatic carbocycles. The Balaban J connectivity index is 1.98. The lowest BCUT2D eigenvalue weighted by atomic mass is 9.89. The molecule has 1 unspecified atom stereocenters. The molecule has 0 spiro atoms. The first kappa shape index (κ1) is 12.8. The molecule has 2 heterocycles. The zero-order chi connectivity index (χ0) is 12.3. The molecule has 0 radical (unpaired) electrons. The predicted molar refractivity (Wildman–Crippen MR) is 65.7 cm³/mol. The molecule has 2 rings (SSSR count). The van der Waals surface area contributed by atoms with E-state index < -0.39 is 5.60 Å². The SMILES string of the molecule is CNC(=O)C1(O)CCCN(C2CCNCC2)C1. The Hall–Kier alpha value is -0.650. The fourth-order valence-corrected chi connectivity index (χ4v) is 2.97. The van der Waals surface area contributed by atoms with E-state index in [1.54, 1.807) is 7.05 Å². The van der Waals surface area contributed by atoms with Crippen LogP contribution in [0.3, 0.4) is 0 Å². The molecular weight excluding hydrogens is 218 g/mol. The summed E-state index contributed by atoms with van der Waals surface area (Å²) < 4.78 is 0. The van der Waals surface area contributed by atoms with Crippen molar-refractivity contribution >= 4 is 5.91 Å². The van der Waals surface area contributed by atoms with Crippen LogP contribution in [0.2, 0.25) is 0 Å². The van der Waals surface area contributed by atoms with Gasteiger partial charge in [0.2, 0.25) is 0 Å². The Bertz CT molecular complexity index is 279. The van der Waals surface area contributed by atoms with Crippen molar-refractivity contribution in [2.45, 2.75) is 37.3 Å². The highest BCUT2D eigenvalue weighted by Gasteiger charge is 2.41. The molecule has 98 valence electrons. The van der Waals surface area contributed by atoms with E-state index in [4.69, 9.17) is 0 Å². The van der Waals surface area contributed by atoms with Gasteiger partial charge in [0.1, 0.15) is 0 Å². The van der Waals surface area contributed by atoms with Gasteiger partial charge in [0, 0.05) is 19.6 Å². The van der Waals surface area contributed by atoms with Gasteiger partial charge in [-0.05, 0) is 45.3 Å². The predicted octanol–water partition coefficient (Wildman–Crippen LogP) is -0.689. The molecule has 0 aromatic heterocycles. The summed E-state index contributed by atoms with van der Waals surface area (Å²) in [5.41, 5.74) is -1.18. The maximum Gasteiger partial charge on any atom is 0.253 e. The molecule has 0 aliphatic carbocycles. The molecular formula is C12H23N3O2. The molecule has 1 atom stereocenters. The highest BCUT2D eigenvalue weighted by Crippen LogP contribution is 2.25. The van der Waals surface area contributed by atoms with Crippen molar-refractivity contribution in [1.82, 2.24) is 15.5 Å². The minimum absolute atomic E-state index is 0.240. The molecule has 2 aliphatic heterocycles. The van der Waals surface area contributed by atoms with Crippen LogP contribution in [0.4, 0.5) is 0 Å². The van der Waals surface area contributed by atoms with Gasteiger partial charge in [0.25, 0.3) is 5.91 Å². The number of likely N-dealkylation sites (tertiary alicyclic amines) is 1. The summed E-state index contributed by atoms with van der Waals surface area (Å²) in [6, 6.07) is 0.521. The van der Waals surface area contributed by atoms with Crippen molar-refractivity contribution in [2.75, 3.05) is 33.2 Å². The van der Waals surface area contributed by atoms with Crippen molar-refractivity contribution < 1.29 is 9.90 Å². The summed E-state index contributed by atoms with van der Waals surface area (Å²) in [6.45, 7) is 3.57. The number of nitrogens with zero attached hydrogens (tertiary/aromatic N) is 1. The first-order valence-electron chi connectivity index (χ1n) is 6.55. The van der Waals surface area contributed by atoms with E-state index in [-0.39, 0.29) is 5.91 Å². The van der Waals surface area contributed by atoms with Gasteiger partial charge in [-0.25, -0.2) is 0 Å². The van der Waals surface area contributed by atoms with Crippen LogP contribution >= 0.6 is 0 Å². The number of piperidine rings is 2. The number of hydrogen-bond acceptors (Lipinski definition) is 4. The van der Waals surface area contributed by atoms with E-state index >= 15 is 0 Å². The molecule has 2 saturated heterocycles. The molecule has 1 amide bonds. The lowest BCUT2D eigenvalue weighted by Crippen LogP contribution is -2.59. The summed E-state index contributed by atoms with van der Waals surface area (Å²) in [6.07, 6.45) is 3.70. The zero-order valence-electron chi connectivity index (χ0n) is 10.5. The van der Waals surface area contributed by atoms with Crippen LogP contribution in [0.5, 0.6) is 0 Å². The number of amides is 1. The summed E-state index contributed by atoms with van der Waals surface area (Å²) >= 11 is 0. The number of nitrogens with one attached hydrogen (secondary N) is 2. The van der Waals surface area contributed by atoms with Crippen LogP contribution < -0.4 is 10.6 Å². The maximum absolute atomic E-state index is 11.7. The van der Waals surface area contributed by atoms with Crippen LogP contribution in [0.1, 0.15) is 25.7 Å². The van der Waals surface area contributed by atoms with Crippen molar-refractivity contribution in [2.24, 2.45) is 0 Å². The second-order valence-corrected chi connectivity index (χ2v) is 5.17. The van der Waals surface area contributed by atoms with Gasteiger partial charge in [-0.2, -0.15) is 0 Å². The molecule has 5 nitrogen and oxygen atoms in total. The first-order chi connectivity index (χ1) is 8.15. The number of hydrogen-bond donors (Lipinski definition) is 3.